The van der Waals surface area contributed by atoms with Gasteiger partial charge < -0.3 is 16.4 Å². The zero-order valence-electron chi connectivity index (χ0n) is 15.6. The Morgan fingerprint density at radius 1 is 1.22 bits per heavy atom. The van der Waals surface area contributed by atoms with Crippen LogP contribution >= 0.6 is 0 Å². The summed E-state index contributed by atoms with van der Waals surface area (Å²) in [5.74, 6) is 1.68. The summed E-state index contributed by atoms with van der Waals surface area (Å²) in [5.41, 5.74) is 5.77. The van der Waals surface area contributed by atoms with Crippen molar-refractivity contribution in [2.75, 3.05) is 13.1 Å². The van der Waals surface area contributed by atoms with E-state index < -0.39 is 0 Å². The fourth-order valence-corrected chi connectivity index (χ4v) is 3.12. The fraction of sp³-hybridized carbons (Fsp3) is 0.947. The Bertz CT molecular complexity index is 318. The third kappa shape index (κ3) is 9.98. The van der Waals surface area contributed by atoms with Gasteiger partial charge in [-0.3, -0.25) is 4.79 Å². The Morgan fingerprint density at radius 2 is 1.96 bits per heavy atom. The van der Waals surface area contributed by atoms with E-state index >= 15 is 0 Å². The molecule has 3 atom stereocenters. The molecular formula is C19H39N3O. The predicted octanol–water partition coefficient (Wildman–Crippen LogP) is 3.20. The van der Waals surface area contributed by atoms with Gasteiger partial charge in [0, 0.05) is 18.5 Å². The average Bonchev–Trinajstić information content (AvgIpc) is 3.36. The maximum absolute atomic E-state index is 12.2. The fourth-order valence-electron chi connectivity index (χ4n) is 3.12. The van der Waals surface area contributed by atoms with E-state index in [1.54, 1.807) is 0 Å². The van der Waals surface area contributed by atoms with Crippen LogP contribution < -0.4 is 16.4 Å². The molecule has 0 saturated heterocycles. The van der Waals surface area contributed by atoms with E-state index in [9.17, 15) is 4.79 Å². The van der Waals surface area contributed by atoms with Crippen molar-refractivity contribution in [1.29, 1.82) is 0 Å². The van der Waals surface area contributed by atoms with Gasteiger partial charge in [-0.05, 0) is 57.0 Å². The van der Waals surface area contributed by atoms with Gasteiger partial charge in [-0.25, -0.2) is 0 Å². The SMILES string of the molecule is CCCC(CC)NC(=O)CCC(CC(C)CN)NCCC1CC1. The third-order valence-electron chi connectivity index (χ3n) is 4.99. The Kier molecular flexibility index (Phi) is 10.5. The molecule has 0 aromatic carbocycles. The van der Waals surface area contributed by atoms with Crippen LogP contribution in [0, 0.1) is 11.8 Å². The Hall–Kier alpha value is -0.610. The second-order valence-electron chi connectivity index (χ2n) is 7.46. The summed E-state index contributed by atoms with van der Waals surface area (Å²) in [6, 6.07) is 0.765. The first-order valence-electron chi connectivity index (χ1n) is 9.81. The average molecular weight is 326 g/mol. The van der Waals surface area contributed by atoms with Gasteiger partial charge in [0.15, 0.2) is 0 Å². The molecule has 4 heteroatoms. The third-order valence-corrected chi connectivity index (χ3v) is 4.99. The molecule has 0 aliphatic heterocycles. The van der Waals surface area contributed by atoms with E-state index in [1.807, 2.05) is 0 Å². The second-order valence-corrected chi connectivity index (χ2v) is 7.46. The molecule has 0 heterocycles. The van der Waals surface area contributed by atoms with Crippen molar-refractivity contribution < 1.29 is 4.79 Å². The van der Waals surface area contributed by atoms with Gasteiger partial charge in [0.2, 0.25) is 5.91 Å². The number of hydrogen-bond donors (Lipinski definition) is 3. The maximum atomic E-state index is 12.2. The largest absolute Gasteiger partial charge is 0.353 e. The summed E-state index contributed by atoms with van der Waals surface area (Å²) in [7, 11) is 0. The molecule has 1 amide bonds. The van der Waals surface area contributed by atoms with Gasteiger partial charge in [0.25, 0.3) is 0 Å². The molecule has 0 aromatic heterocycles. The van der Waals surface area contributed by atoms with Crippen molar-refractivity contribution in [3.63, 3.8) is 0 Å². The van der Waals surface area contributed by atoms with E-state index in [-0.39, 0.29) is 5.91 Å². The minimum Gasteiger partial charge on any atom is -0.353 e. The highest BCUT2D eigenvalue weighted by Crippen LogP contribution is 2.31. The van der Waals surface area contributed by atoms with Crippen LogP contribution in [-0.2, 0) is 4.79 Å². The van der Waals surface area contributed by atoms with E-state index in [0.717, 1.165) is 51.1 Å². The normalized spacial score (nSPS) is 18.4. The first-order valence-corrected chi connectivity index (χ1v) is 9.81. The van der Waals surface area contributed by atoms with E-state index in [1.165, 1.54) is 19.3 Å². The minimum atomic E-state index is 0.208. The molecule has 3 unspecified atom stereocenters. The van der Waals surface area contributed by atoms with Gasteiger partial charge in [0.05, 0.1) is 0 Å². The van der Waals surface area contributed by atoms with E-state index in [4.69, 9.17) is 5.73 Å². The van der Waals surface area contributed by atoms with Crippen LogP contribution in [0.4, 0.5) is 0 Å². The zero-order chi connectivity index (χ0) is 17.1. The van der Waals surface area contributed by atoms with Crippen LogP contribution in [0.5, 0.6) is 0 Å². The van der Waals surface area contributed by atoms with Crippen molar-refractivity contribution in [2.45, 2.75) is 90.6 Å². The first kappa shape index (κ1) is 20.4. The lowest BCUT2D eigenvalue weighted by molar-refractivity contribution is -0.122. The van der Waals surface area contributed by atoms with E-state index in [0.29, 0.717) is 24.4 Å². The number of nitrogens with two attached hydrogens (primary N) is 1. The topological polar surface area (TPSA) is 67.2 Å². The number of hydrogen-bond acceptors (Lipinski definition) is 3. The van der Waals surface area contributed by atoms with Crippen LogP contribution in [0.2, 0.25) is 0 Å². The van der Waals surface area contributed by atoms with Crippen LogP contribution in [-0.4, -0.2) is 31.1 Å². The molecule has 0 radical (unpaired) electrons. The van der Waals surface area contributed by atoms with Crippen molar-refractivity contribution in [1.82, 2.24) is 10.6 Å². The zero-order valence-corrected chi connectivity index (χ0v) is 15.6. The Balaban J connectivity index is 2.30. The second kappa shape index (κ2) is 11.9. The van der Waals surface area contributed by atoms with E-state index in [2.05, 4.69) is 31.4 Å². The molecule has 0 bridgehead atoms. The molecule has 1 aliphatic carbocycles. The minimum absolute atomic E-state index is 0.208. The summed E-state index contributed by atoms with van der Waals surface area (Å²) in [6.07, 6.45) is 9.94. The number of rotatable bonds is 14. The van der Waals surface area contributed by atoms with Gasteiger partial charge >= 0.3 is 0 Å². The highest BCUT2D eigenvalue weighted by molar-refractivity contribution is 5.76. The standard InChI is InChI=1S/C19H39N3O/c1-4-6-17(5-2)22-19(23)10-9-18(13-15(3)14-20)21-12-11-16-7-8-16/h15-18,21H,4-14,20H2,1-3H3,(H,22,23). The summed E-state index contributed by atoms with van der Waals surface area (Å²) in [5, 5.41) is 6.85. The lowest BCUT2D eigenvalue weighted by Gasteiger charge is -2.22. The van der Waals surface area contributed by atoms with Crippen molar-refractivity contribution in [2.24, 2.45) is 17.6 Å². The molecular weight excluding hydrogens is 286 g/mol. The molecule has 23 heavy (non-hydrogen) atoms. The molecule has 1 fully saturated rings. The number of carbonyl (C=O) groups is 1. The molecule has 0 aromatic rings. The molecule has 136 valence electrons. The number of nitrogens with one attached hydrogen (secondary N) is 2. The molecule has 4 N–H and O–H groups in total. The monoisotopic (exact) mass is 325 g/mol. The van der Waals surface area contributed by atoms with Crippen LogP contribution in [0.25, 0.3) is 0 Å². The Labute approximate surface area is 143 Å². The van der Waals surface area contributed by atoms with Gasteiger partial charge in [-0.1, -0.05) is 40.0 Å². The summed E-state index contributed by atoms with van der Waals surface area (Å²) in [4.78, 5) is 12.2. The summed E-state index contributed by atoms with van der Waals surface area (Å²) in [6.45, 7) is 8.32. The molecule has 0 spiro atoms. The van der Waals surface area contributed by atoms with Crippen molar-refractivity contribution in [3.05, 3.63) is 0 Å². The summed E-state index contributed by atoms with van der Waals surface area (Å²) < 4.78 is 0. The van der Waals surface area contributed by atoms with Gasteiger partial charge in [-0.15, -0.1) is 0 Å². The molecule has 1 aliphatic rings. The maximum Gasteiger partial charge on any atom is 0.220 e. The highest BCUT2D eigenvalue weighted by atomic mass is 16.1. The lowest BCUT2D eigenvalue weighted by atomic mass is 9.97. The number of carbonyl (C=O) groups excluding carboxylic acids is 1. The van der Waals surface area contributed by atoms with Crippen LogP contribution in [0.15, 0.2) is 0 Å². The van der Waals surface area contributed by atoms with Crippen molar-refractivity contribution >= 4 is 5.91 Å². The molecule has 4 nitrogen and oxygen atoms in total. The highest BCUT2D eigenvalue weighted by Gasteiger charge is 2.21. The first-order chi connectivity index (χ1) is 11.1. The van der Waals surface area contributed by atoms with Crippen molar-refractivity contribution in [3.8, 4) is 0 Å². The molecule has 1 saturated carbocycles. The van der Waals surface area contributed by atoms with Crippen LogP contribution in [0.3, 0.4) is 0 Å². The summed E-state index contributed by atoms with van der Waals surface area (Å²) >= 11 is 0. The van der Waals surface area contributed by atoms with Gasteiger partial charge in [-0.2, -0.15) is 0 Å². The Morgan fingerprint density at radius 3 is 2.52 bits per heavy atom. The van der Waals surface area contributed by atoms with Gasteiger partial charge in [0.1, 0.15) is 0 Å². The quantitative estimate of drug-likeness (QED) is 0.459. The number of amides is 1. The molecule has 1 rings (SSSR count). The lowest BCUT2D eigenvalue weighted by Crippen LogP contribution is -2.37. The van der Waals surface area contributed by atoms with Crippen LogP contribution in [0.1, 0.15) is 78.6 Å². The smallest absolute Gasteiger partial charge is 0.220 e. The predicted molar refractivity (Wildman–Crippen MR) is 98.3 cm³/mol.